The SMILES string of the molecule is C[C@@](CCCN)(NC(=O)[C@@H](N)CCc1ccccc1)C(=O)N1c2ccccc2SC1S. The van der Waals surface area contributed by atoms with Gasteiger partial charge < -0.3 is 16.8 Å². The first-order valence-electron chi connectivity index (χ1n) is 10.4. The molecule has 2 aromatic rings. The Morgan fingerprint density at radius 2 is 1.87 bits per heavy atom. The van der Waals surface area contributed by atoms with Crippen LogP contribution in [0.15, 0.2) is 59.5 Å². The minimum Gasteiger partial charge on any atom is -0.341 e. The molecule has 8 heteroatoms. The quantitative estimate of drug-likeness (QED) is 0.433. The van der Waals surface area contributed by atoms with Crippen molar-refractivity contribution in [2.45, 2.75) is 53.8 Å². The fraction of sp³-hybridized carbons (Fsp3) is 0.391. The first-order chi connectivity index (χ1) is 14.9. The van der Waals surface area contributed by atoms with Crippen LogP contribution in [0.5, 0.6) is 0 Å². The van der Waals surface area contributed by atoms with Gasteiger partial charge in [-0.3, -0.25) is 14.5 Å². The van der Waals surface area contributed by atoms with Gasteiger partial charge in [0.15, 0.2) is 0 Å². The molecule has 2 aromatic carbocycles. The zero-order valence-electron chi connectivity index (χ0n) is 17.7. The summed E-state index contributed by atoms with van der Waals surface area (Å²) in [5.74, 6) is -0.540. The molecule has 3 atom stereocenters. The van der Waals surface area contributed by atoms with E-state index in [0.29, 0.717) is 32.2 Å². The van der Waals surface area contributed by atoms with Gasteiger partial charge >= 0.3 is 0 Å². The molecule has 1 heterocycles. The number of nitrogens with two attached hydrogens (primary N) is 2. The summed E-state index contributed by atoms with van der Waals surface area (Å²) in [7, 11) is 0. The van der Waals surface area contributed by atoms with E-state index in [2.05, 4.69) is 17.9 Å². The summed E-state index contributed by atoms with van der Waals surface area (Å²) >= 11 is 6.11. The van der Waals surface area contributed by atoms with Gasteiger partial charge in [-0.05, 0) is 56.8 Å². The molecular formula is C23H30N4O2S2. The van der Waals surface area contributed by atoms with Crippen LogP contribution in [-0.2, 0) is 16.0 Å². The lowest BCUT2D eigenvalue weighted by Gasteiger charge is -2.35. The number of para-hydroxylation sites is 1. The van der Waals surface area contributed by atoms with E-state index in [1.165, 1.54) is 11.8 Å². The maximum Gasteiger partial charge on any atom is 0.254 e. The molecule has 1 unspecified atom stereocenters. The van der Waals surface area contributed by atoms with E-state index in [0.717, 1.165) is 16.1 Å². The van der Waals surface area contributed by atoms with Crippen molar-refractivity contribution in [3.63, 3.8) is 0 Å². The molecule has 31 heavy (non-hydrogen) atoms. The third-order valence-corrected chi connectivity index (χ3v) is 7.04. The third-order valence-electron chi connectivity index (χ3n) is 5.47. The first kappa shape index (κ1) is 23.7. The summed E-state index contributed by atoms with van der Waals surface area (Å²) in [6.45, 7) is 2.17. The maximum atomic E-state index is 13.7. The number of thioether (sulfide) groups is 1. The van der Waals surface area contributed by atoms with Crippen LogP contribution in [0.25, 0.3) is 0 Å². The number of anilines is 1. The van der Waals surface area contributed by atoms with Crippen LogP contribution in [0.4, 0.5) is 5.69 Å². The predicted octanol–water partition coefficient (Wildman–Crippen LogP) is 2.91. The number of amides is 2. The highest BCUT2D eigenvalue weighted by molar-refractivity contribution is 8.11. The fourth-order valence-electron chi connectivity index (χ4n) is 3.66. The minimum atomic E-state index is -1.13. The molecule has 0 saturated heterocycles. The number of nitrogens with zero attached hydrogens (tertiary/aromatic N) is 1. The zero-order chi connectivity index (χ0) is 22.4. The van der Waals surface area contributed by atoms with Crippen LogP contribution in [0, 0.1) is 0 Å². The summed E-state index contributed by atoms with van der Waals surface area (Å²) in [5.41, 5.74) is 12.7. The molecule has 0 radical (unpaired) electrons. The largest absolute Gasteiger partial charge is 0.341 e. The Balaban J connectivity index is 1.73. The highest BCUT2D eigenvalue weighted by Crippen LogP contribution is 2.45. The Bertz CT molecular complexity index is 911. The van der Waals surface area contributed by atoms with E-state index in [9.17, 15) is 9.59 Å². The second kappa shape index (κ2) is 10.5. The van der Waals surface area contributed by atoms with Crippen molar-refractivity contribution in [1.29, 1.82) is 0 Å². The standard InChI is InChI=1S/C23H30N4O2S2/c1-23(14-7-15-24,21(29)27-18-10-5-6-11-19(18)31-22(27)30)26-20(28)17(25)13-12-16-8-3-2-4-9-16/h2-6,8-11,17,22,30H,7,12-15,24-25H2,1H3,(H,26,28)/t17-,22?,23-/m0/s1. The number of hydrogen-bond acceptors (Lipinski definition) is 6. The number of benzene rings is 2. The van der Waals surface area contributed by atoms with Crippen molar-refractivity contribution in [1.82, 2.24) is 5.32 Å². The number of thiol groups is 1. The summed E-state index contributed by atoms with van der Waals surface area (Å²) < 4.78 is -0.356. The molecular weight excluding hydrogens is 428 g/mol. The molecule has 5 N–H and O–H groups in total. The van der Waals surface area contributed by atoms with Gasteiger partial charge in [0, 0.05) is 4.90 Å². The number of nitrogens with one attached hydrogen (secondary N) is 1. The number of hydrogen-bond donors (Lipinski definition) is 4. The van der Waals surface area contributed by atoms with Crippen LogP contribution in [-0.4, -0.2) is 34.6 Å². The molecule has 0 aliphatic carbocycles. The van der Waals surface area contributed by atoms with Crippen LogP contribution in [0.2, 0.25) is 0 Å². The lowest BCUT2D eigenvalue weighted by molar-refractivity contribution is -0.132. The van der Waals surface area contributed by atoms with E-state index < -0.39 is 11.6 Å². The van der Waals surface area contributed by atoms with Crippen molar-refractivity contribution in [3.05, 3.63) is 60.2 Å². The molecule has 0 spiro atoms. The van der Waals surface area contributed by atoms with E-state index in [1.807, 2.05) is 54.6 Å². The Labute approximate surface area is 193 Å². The molecule has 3 rings (SSSR count). The van der Waals surface area contributed by atoms with Crippen LogP contribution in [0.3, 0.4) is 0 Å². The van der Waals surface area contributed by atoms with Crippen LogP contribution in [0.1, 0.15) is 31.7 Å². The summed E-state index contributed by atoms with van der Waals surface area (Å²) in [6, 6.07) is 16.9. The van der Waals surface area contributed by atoms with Gasteiger partial charge in [-0.1, -0.05) is 54.2 Å². The van der Waals surface area contributed by atoms with Gasteiger partial charge in [0.05, 0.1) is 11.7 Å². The molecule has 2 amide bonds. The molecule has 0 fully saturated rings. The second-order valence-corrected chi connectivity index (χ2v) is 9.89. The van der Waals surface area contributed by atoms with Crippen LogP contribution < -0.4 is 21.7 Å². The van der Waals surface area contributed by atoms with Crippen LogP contribution >= 0.6 is 24.4 Å². The molecule has 0 bridgehead atoms. The monoisotopic (exact) mass is 458 g/mol. The average molecular weight is 459 g/mol. The Morgan fingerprint density at radius 1 is 1.19 bits per heavy atom. The smallest absolute Gasteiger partial charge is 0.254 e. The lowest BCUT2D eigenvalue weighted by atomic mass is 9.92. The van der Waals surface area contributed by atoms with Crippen molar-refractivity contribution in [2.24, 2.45) is 11.5 Å². The highest BCUT2D eigenvalue weighted by atomic mass is 32.2. The Hall–Kier alpha value is -2.00. The summed E-state index contributed by atoms with van der Waals surface area (Å²) in [6.07, 6.45) is 2.21. The average Bonchev–Trinajstić information content (AvgIpc) is 3.11. The number of carbonyl (C=O) groups is 2. The number of rotatable bonds is 9. The molecule has 166 valence electrons. The first-order valence-corrected chi connectivity index (χ1v) is 11.8. The Morgan fingerprint density at radius 3 is 2.58 bits per heavy atom. The number of carbonyl (C=O) groups excluding carboxylic acids is 2. The Kier molecular flexibility index (Phi) is 8.05. The van der Waals surface area contributed by atoms with Gasteiger partial charge in [0.1, 0.15) is 10.2 Å². The second-order valence-electron chi connectivity index (χ2n) is 7.93. The summed E-state index contributed by atoms with van der Waals surface area (Å²) in [5, 5.41) is 2.94. The van der Waals surface area contributed by atoms with E-state index in [-0.39, 0.29) is 16.5 Å². The molecule has 1 aliphatic rings. The highest BCUT2D eigenvalue weighted by Gasteiger charge is 2.43. The number of fused-ring (bicyclic) bond motifs is 1. The van der Waals surface area contributed by atoms with E-state index in [1.54, 1.807) is 11.8 Å². The van der Waals surface area contributed by atoms with Gasteiger partial charge in [0.25, 0.3) is 5.91 Å². The third kappa shape index (κ3) is 5.63. The molecule has 6 nitrogen and oxygen atoms in total. The van der Waals surface area contributed by atoms with Crippen molar-refractivity contribution >= 4 is 41.9 Å². The van der Waals surface area contributed by atoms with Crippen molar-refractivity contribution < 1.29 is 9.59 Å². The summed E-state index contributed by atoms with van der Waals surface area (Å²) in [4.78, 5) is 29.2. The van der Waals surface area contributed by atoms with Gasteiger partial charge in [-0.15, -0.1) is 12.6 Å². The van der Waals surface area contributed by atoms with Crippen molar-refractivity contribution in [2.75, 3.05) is 11.4 Å². The van der Waals surface area contributed by atoms with E-state index >= 15 is 0 Å². The molecule has 0 saturated carbocycles. The topological polar surface area (TPSA) is 101 Å². The van der Waals surface area contributed by atoms with Crippen molar-refractivity contribution in [3.8, 4) is 0 Å². The predicted molar refractivity (Wildman–Crippen MR) is 130 cm³/mol. The fourth-order valence-corrected chi connectivity index (χ4v) is 5.21. The van der Waals surface area contributed by atoms with Gasteiger partial charge in [-0.25, -0.2) is 0 Å². The molecule has 1 aliphatic heterocycles. The zero-order valence-corrected chi connectivity index (χ0v) is 19.4. The van der Waals surface area contributed by atoms with E-state index in [4.69, 9.17) is 11.5 Å². The minimum absolute atomic E-state index is 0.206. The molecule has 0 aromatic heterocycles. The van der Waals surface area contributed by atoms with Gasteiger partial charge in [-0.2, -0.15) is 0 Å². The lowest BCUT2D eigenvalue weighted by Crippen LogP contribution is -2.61. The number of aryl methyl sites for hydroxylation is 1. The maximum absolute atomic E-state index is 13.7. The van der Waals surface area contributed by atoms with Gasteiger partial charge in [0.2, 0.25) is 5.91 Å². The normalized spacial score (nSPS) is 18.2.